The van der Waals surface area contributed by atoms with Crippen LogP contribution >= 0.6 is 0 Å². The summed E-state index contributed by atoms with van der Waals surface area (Å²) >= 11 is 0. The van der Waals surface area contributed by atoms with Gasteiger partial charge in [-0.1, -0.05) is 0 Å². The predicted octanol–water partition coefficient (Wildman–Crippen LogP) is -0.171. The van der Waals surface area contributed by atoms with Gasteiger partial charge in [0.25, 0.3) is 5.56 Å². The van der Waals surface area contributed by atoms with Gasteiger partial charge in [-0.3, -0.25) is 18.8 Å². The molecule has 100 valence electrons. The standard InChI is InChI=1S/C12H14N4O3/c1-7-9(4-14-15(7)3)6-16-11(18)10(8(2)17)5-13-12(16)19/h4-5H,6H2,1-3H3,(H,13,19). The molecule has 7 nitrogen and oxygen atoms in total. The lowest BCUT2D eigenvalue weighted by molar-refractivity contribution is 0.101. The van der Waals surface area contributed by atoms with Gasteiger partial charge in [-0.15, -0.1) is 0 Å². The van der Waals surface area contributed by atoms with E-state index in [4.69, 9.17) is 0 Å². The number of ketones is 1. The molecule has 0 saturated carbocycles. The molecule has 0 amide bonds. The van der Waals surface area contributed by atoms with Gasteiger partial charge in [-0.25, -0.2) is 4.79 Å². The lowest BCUT2D eigenvalue weighted by atomic mass is 10.2. The van der Waals surface area contributed by atoms with Crippen LogP contribution in [0.1, 0.15) is 28.5 Å². The second-order valence-corrected chi connectivity index (χ2v) is 4.33. The van der Waals surface area contributed by atoms with E-state index < -0.39 is 11.2 Å². The quantitative estimate of drug-likeness (QED) is 0.777. The maximum atomic E-state index is 12.0. The van der Waals surface area contributed by atoms with E-state index in [1.54, 1.807) is 17.9 Å². The van der Waals surface area contributed by atoms with Crippen LogP contribution in [-0.2, 0) is 13.6 Å². The summed E-state index contributed by atoms with van der Waals surface area (Å²) in [4.78, 5) is 37.5. The first-order valence-corrected chi connectivity index (χ1v) is 5.72. The van der Waals surface area contributed by atoms with Gasteiger partial charge in [0.15, 0.2) is 5.78 Å². The van der Waals surface area contributed by atoms with Crippen LogP contribution in [0.4, 0.5) is 0 Å². The number of hydrogen-bond donors (Lipinski definition) is 1. The molecule has 2 heterocycles. The van der Waals surface area contributed by atoms with Crippen molar-refractivity contribution >= 4 is 5.78 Å². The molecule has 0 spiro atoms. The average molecular weight is 262 g/mol. The molecular weight excluding hydrogens is 248 g/mol. The molecular formula is C12H14N4O3. The number of nitrogens with zero attached hydrogens (tertiary/aromatic N) is 3. The number of rotatable bonds is 3. The Bertz CT molecular complexity index is 751. The van der Waals surface area contributed by atoms with Crippen LogP contribution in [0, 0.1) is 6.92 Å². The minimum absolute atomic E-state index is 0.0267. The molecule has 1 N–H and O–H groups in total. The second-order valence-electron chi connectivity index (χ2n) is 4.33. The summed E-state index contributed by atoms with van der Waals surface area (Å²) in [5, 5.41) is 4.05. The van der Waals surface area contributed by atoms with Crippen molar-refractivity contribution in [1.82, 2.24) is 19.3 Å². The van der Waals surface area contributed by atoms with Gasteiger partial charge in [-0.05, 0) is 13.8 Å². The first kappa shape index (κ1) is 13.0. The molecule has 0 aliphatic rings. The Morgan fingerprint density at radius 1 is 1.42 bits per heavy atom. The van der Waals surface area contributed by atoms with Crippen LogP contribution in [0.25, 0.3) is 0 Å². The summed E-state index contributed by atoms with van der Waals surface area (Å²) < 4.78 is 2.66. The van der Waals surface area contributed by atoms with E-state index in [0.717, 1.165) is 22.0 Å². The summed E-state index contributed by atoms with van der Waals surface area (Å²) in [5.74, 6) is -0.377. The third-order valence-electron chi connectivity index (χ3n) is 3.11. The fourth-order valence-corrected chi connectivity index (χ4v) is 1.78. The molecule has 0 aromatic carbocycles. The van der Waals surface area contributed by atoms with Crippen molar-refractivity contribution < 1.29 is 4.79 Å². The number of carbonyl (C=O) groups is 1. The zero-order chi connectivity index (χ0) is 14.2. The van der Waals surface area contributed by atoms with E-state index in [1.165, 1.54) is 6.92 Å². The maximum absolute atomic E-state index is 12.0. The Hall–Kier alpha value is -2.44. The molecule has 0 fully saturated rings. The third kappa shape index (κ3) is 2.26. The van der Waals surface area contributed by atoms with Crippen molar-refractivity contribution in [3.05, 3.63) is 50.1 Å². The van der Waals surface area contributed by atoms with Crippen molar-refractivity contribution in [2.45, 2.75) is 20.4 Å². The number of aromatic amines is 1. The third-order valence-corrected chi connectivity index (χ3v) is 3.11. The number of aromatic nitrogens is 4. The molecule has 0 saturated heterocycles. The van der Waals surface area contributed by atoms with E-state index >= 15 is 0 Å². The number of carbonyl (C=O) groups excluding carboxylic acids is 1. The fraction of sp³-hybridized carbons (Fsp3) is 0.333. The van der Waals surface area contributed by atoms with Crippen molar-refractivity contribution in [2.75, 3.05) is 0 Å². The van der Waals surface area contributed by atoms with Gasteiger partial charge < -0.3 is 4.98 Å². The molecule has 0 radical (unpaired) electrons. The summed E-state index contributed by atoms with van der Waals surface area (Å²) in [6.45, 7) is 3.22. The van der Waals surface area contributed by atoms with Crippen LogP contribution in [-0.4, -0.2) is 25.1 Å². The molecule has 7 heteroatoms. The second kappa shape index (κ2) is 4.68. The summed E-state index contributed by atoms with van der Waals surface area (Å²) in [6, 6.07) is 0. The number of hydrogen-bond acceptors (Lipinski definition) is 4. The van der Waals surface area contributed by atoms with Gasteiger partial charge in [0.05, 0.1) is 18.3 Å². The SMILES string of the molecule is CC(=O)c1c[nH]c(=O)n(Cc2cnn(C)c2C)c1=O. The molecule has 0 atom stereocenters. The fourth-order valence-electron chi connectivity index (χ4n) is 1.78. The average Bonchev–Trinajstić information content (AvgIpc) is 2.65. The minimum Gasteiger partial charge on any atom is -0.313 e. The highest BCUT2D eigenvalue weighted by atomic mass is 16.2. The normalized spacial score (nSPS) is 10.7. The highest BCUT2D eigenvalue weighted by Crippen LogP contribution is 2.05. The number of Topliss-reactive ketones (excluding diaryl/α,β-unsaturated/α-hetero) is 1. The lowest BCUT2D eigenvalue weighted by Crippen LogP contribution is -2.38. The van der Waals surface area contributed by atoms with Crippen LogP contribution < -0.4 is 11.2 Å². The number of aryl methyl sites for hydroxylation is 1. The van der Waals surface area contributed by atoms with Crippen LogP contribution in [0.2, 0.25) is 0 Å². The van der Waals surface area contributed by atoms with Crippen molar-refractivity contribution in [3.8, 4) is 0 Å². The zero-order valence-electron chi connectivity index (χ0n) is 10.9. The van der Waals surface area contributed by atoms with E-state index in [9.17, 15) is 14.4 Å². The molecule has 0 bridgehead atoms. The molecule has 19 heavy (non-hydrogen) atoms. The Morgan fingerprint density at radius 2 is 2.11 bits per heavy atom. The van der Waals surface area contributed by atoms with E-state index in [0.29, 0.717) is 0 Å². The maximum Gasteiger partial charge on any atom is 0.328 e. The Kier molecular flexibility index (Phi) is 3.20. The first-order chi connectivity index (χ1) is 8.91. The lowest BCUT2D eigenvalue weighted by Gasteiger charge is -2.05. The van der Waals surface area contributed by atoms with Crippen LogP contribution in [0.15, 0.2) is 22.0 Å². The molecule has 2 aromatic rings. The summed E-state index contributed by atoms with van der Waals surface area (Å²) in [5.41, 5.74) is 0.467. The highest BCUT2D eigenvalue weighted by Gasteiger charge is 2.13. The zero-order valence-corrected chi connectivity index (χ0v) is 10.9. The highest BCUT2D eigenvalue weighted by molar-refractivity contribution is 5.93. The van der Waals surface area contributed by atoms with Crippen LogP contribution in [0.5, 0.6) is 0 Å². The topological polar surface area (TPSA) is 89.8 Å². The van der Waals surface area contributed by atoms with Crippen molar-refractivity contribution in [3.63, 3.8) is 0 Å². The van der Waals surface area contributed by atoms with Gasteiger partial charge in [0.1, 0.15) is 0 Å². The monoisotopic (exact) mass is 262 g/mol. The smallest absolute Gasteiger partial charge is 0.313 e. The number of H-pyrrole nitrogens is 1. The van der Waals surface area contributed by atoms with E-state index in [2.05, 4.69) is 10.1 Å². The first-order valence-electron chi connectivity index (χ1n) is 5.72. The van der Waals surface area contributed by atoms with Gasteiger partial charge in [0.2, 0.25) is 0 Å². The van der Waals surface area contributed by atoms with Crippen LogP contribution in [0.3, 0.4) is 0 Å². The van der Waals surface area contributed by atoms with Gasteiger partial charge >= 0.3 is 5.69 Å². The van der Waals surface area contributed by atoms with Crippen molar-refractivity contribution in [1.29, 1.82) is 0 Å². The predicted molar refractivity (Wildman–Crippen MR) is 68.4 cm³/mol. The molecule has 0 unspecified atom stereocenters. The summed E-state index contributed by atoms with van der Waals surface area (Å²) in [6.07, 6.45) is 2.75. The molecule has 0 aliphatic heterocycles. The Balaban J connectivity index is 2.54. The Labute approximate surface area is 108 Å². The van der Waals surface area contributed by atoms with Crippen molar-refractivity contribution in [2.24, 2.45) is 7.05 Å². The number of nitrogens with one attached hydrogen (secondary N) is 1. The van der Waals surface area contributed by atoms with Gasteiger partial charge in [-0.2, -0.15) is 5.10 Å². The Morgan fingerprint density at radius 3 is 2.63 bits per heavy atom. The van der Waals surface area contributed by atoms with E-state index in [-0.39, 0.29) is 17.9 Å². The molecule has 0 aliphatic carbocycles. The molecule has 2 rings (SSSR count). The van der Waals surface area contributed by atoms with Gasteiger partial charge in [0, 0.05) is 24.5 Å². The van der Waals surface area contributed by atoms with E-state index in [1.807, 2.05) is 6.92 Å². The minimum atomic E-state index is -0.584. The molecule has 2 aromatic heterocycles. The largest absolute Gasteiger partial charge is 0.328 e. The summed E-state index contributed by atoms with van der Waals surface area (Å²) in [7, 11) is 1.78.